The van der Waals surface area contributed by atoms with E-state index in [1.54, 1.807) is 24.3 Å². The fraction of sp³-hybridized carbons (Fsp3) is 0.176. The highest BCUT2D eigenvalue weighted by atomic mass is 16.6. The van der Waals surface area contributed by atoms with Gasteiger partial charge in [-0.2, -0.15) is 0 Å². The van der Waals surface area contributed by atoms with Crippen LogP contribution in [-0.2, 0) is 11.2 Å². The van der Waals surface area contributed by atoms with E-state index in [0.29, 0.717) is 11.3 Å². The van der Waals surface area contributed by atoms with Crippen LogP contribution in [0.2, 0.25) is 0 Å². The van der Waals surface area contributed by atoms with Crippen molar-refractivity contribution in [2.24, 2.45) is 0 Å². The lowest BCUT2D eigenvalue weighted by atomic mass is 10.1. The van der Waals surface area contributed by atoms with E-state index in [-0.39, 0.29) is 18.0 Å². The number of carbonyl (C=O) groups excluding carboxylic acids is 1. The van der Waals surface area contributed by atoms with Gasteiger partial charge in [0.1, 0.15) is 0 Å². The number of nitrogens with one attached hydrogen (secondary N) is 2. The number of nitrogens with zero attached hydrogens (tertiary/aromatic N) is 3. The van der Waals surface area contributed by atoms with Crippen molar-refractivity contribution in [1.29, 1.82) is 0 Å². The number of aromatic amines is 1. The Hall–Kier alpha value is -3.42. The third kappa shape index (κ3) is 3.74. The van der Waals surface area contributed by atoms with Gasteiger partial charge in [-0.05, 0) is 23.8 Å². The zero-order valence-corrected chi connectivity index (χ0v) is 13.8. The smallest absolute Gasteiger partial charge is 0.269 e. The molecule has 0 bridgehead atoms. The van der Waals surface area contributed by atoms with Crippen LogP contribution >= 0.6 is 0 Å². The quantitative estimate of drug-likeness (QED) is 0.549. The summed E-state index contributed by atoms with van der Waals surface area (Å²) in [5, 5.41) is 13.6. The van der Waals surface area contributed by atoms with Crippen LogP contribution in [0.15, 0.2) is 42.5 Å². The number of aromatic nitrogens is 2. The zero-order chi connectivity index (χ0) is 18.0. The van der Waals surface area contributed by atoms with Crippen LogP contribution in [0.3, 0.4) is 0 Å². The Labute approximate surface area is 143 Å². The van der Waals surface area contributed by atoms with Crippen LogP contribution in [0.25, 0.3) is 11.0 Å². The number of non-ortho nitro benzene ring substituents is 1. The van der Waals surface area contributed by atoms with E-state index >= 15 is 0 Å². The number of imidazole rings is 1. The maximum Gasteiger partial charge on any atom is 0.269 e. The molecule has 1 amide bonds. The van der Waals surface area contributed by atoms with E-state index in [1.165, 1.54) is 12.1 Å². The molecular formula is C17H17N5O3. The van der Waals surface area contributed by atoms with Gasteiger partial charge in [0.05, 0.1) is 22.4 Å². The Balaban J connectivity index is 1.73. The van der Waals surface area contributed by atoms with Crippen molar-refractivity contribution in [3.63, 3.8) is 0 Å². The predicted molar refractivity (Wildman–Crippen MR) is 95.9 cm³/mol. The summed E-state index contributed by atoms with van der Waals surface area (Å²) in [6, 6.07) is 11.5. The molecule has 0 aliphatic heterocycles. The largest absolute Gasteiger partial charge is 0.349 e. The molecule has 3 aromatic rings. The first-order valence-corrected chi connectivity index (χ1v) is 7.62. The number of hydrogen-bond acceptors (Lipinski definition) is 5. The van der Waals surface area contributed by atoms with E-state index in [1.807, 2.05) is 25.1 Å². The van der Waals surface area contributed by atoms with E-state index in [4.69, 9.17) is 0 Å². The Kier molecular flexibility index (Phi) is 4.34. The van der Waals surface area contributed by atoms with Crippen molar-refractivity contribution >= 4 is 34.3 Å². The van der Waals surface area contributed by atoms with Gasteiger partial charge in [-0.1, -0.05) is 12.1 Å². The molecule has 3 rings (SSSR count). The van der Waals surface area contributed by atoms with Crippen LogP contribution in [0.5, 0.6) is 0 Å². The fourth-order valence-electron chi connectivity index (χ4n) is 2.46. The Morgan fingerprint density at radius 1 is 1.28 bits per heavy atom. The molecular weight excluding hydrogens is 322 g/mol. The summed E-state index contributed by atoms with van der Waals surface area (Å²) >= 11 is 0. The predicted octanol–water partition coefficient (Wildman–Crippen LogP) is 2.72. The normalized spacial score (nSPS) is 10.6. The van der Waals surface area contributed by atoms with Gasteiger partial charge in [0, 0.05) is 31.9 Å². The molecule has 8 nitrogen and oxygen atoms in total. The maximum absolute atomic E-state index is 12.2. The summed E-state index contributed by atoms with van der Waals surface area (Å²) < 4.78 is 0. The third-order valence-electron chi connectivity index (χ3n) is 3.66. The van der Waals surface area contributed by atoms with Gasteiger partial charge < -0.3 is 15.2 Å². The van der Waals surface area contributed by atoms with Crippen LogP contribution in [-0.4, -0.2) is 34.9 Å². The molecule has 8 heteroatoms. The van der Waals surface area contributed by atoms with Crippen LogP contribution in [0.4, 0.5) is 17.3 Å². The number of amides is 1. The third-order valence-corrected chi connectivity index (χ3v) is 3.66. The van der Waals surface area contributed by atoms with Gasteiger partial charge in [0.25, 0.3) is 5.69 Å². The molecule has 0 radical (unpaired) electrons. The van der Waals surface area contributed by atoms with Crippen molar-refractivity contribution in [2.75, 3.05) is 24.3 Å². The minimum atomic E-state index is -0.476. The zero-order valence-electron chi connectivity index (χ0n) is 13.8. The van der Waals surface area contributed by atoms with Gasteiger partial charge in [-0.25, -0.2) is 4.98 Å². The topological polar surface area (TPSA) is 104 Å². The monoisotopic (exact) mass is 339 g/mol. The summed E-state index contributed by atoms with van der Waals surface area (Å²) in [6.07, 6.45) is 0.0612. The minimum absolute atomic E-state index is 0.0274. The fourth-order valence-corrected chi connectivity index (χ4v) is 2.46. The van der Waals surface area contributed by atoms with Crippen molar-refractivity contribution in [3.8, 4) is 0 Å². The summed E-state index contributed by atoms with van der Waals surface area (Å²) in [5.41, 5.74) is 2.82. The Morgan fingerprint density at radius 3 is 2.80 bits per heavy atom. The van der Waals surface area contributed by atoms with E-state index in [9.17, 15) is 14.9 Å². The Morgan fingerprint density at radius 2 is 2.08 bits per heavy atom. The molecule has 1 heterocycles. The highest BCUT2D eigenvalue weighted by molar-refractivity contribution is 5.94. The number of nitro groups is 1. The molecule has 2 N–H and O–H groups in total. The molecule has 128 valence electrons. The average molecular weight is 339 g/mol. The van der Waals surface area contributed by atoms with Crippen LogP contribution < -0.4 is 10.2 Å². The number of hydrogen-bond donors (Lipinski definition) is 2. The number of nitro benzene ring substituents is 1. The average Bonchev–Trinajstić information content (AvgIpc) is 2.98. The van der Waals surface area contributed by atoms with Crippen LogP contribution in [0, 0.1) is 10.1 Å². The van der Waals surface area contributed by atoms with Crippen molar-refractivity contribution in [2.45, 2.75) is 6.42 Å². The lowest BCUT2D eigenvalue weighted by Gasteiger charge is -2.06. The summed E-state index contributed by atoms with van der Waals surface area (Å²) in [4.78, 5) is 32.0. The Bertz CT molecular complexity index is 948. The second-order valence-corrected chi connectivity index (χ2v) is 5.84. The van der Waals surface area contributed by atoms with Crippen LogP contribution in [0.1, 0.15) is 5.56 Å². The first-order valence-electron chi connectivity index (χ1n) is 7.62. The highest BCUT2D eigenvalue weighted by Crippen LogP contribution is 2.20. The van der Waals surface area contributed by atoms with Gasteiger partial charge in [0.15, 0.2) is 0 Å². The molecule has 1 aromatic heterocycles. The van der Waals surface area contributed by atoms with E-state index in [2.05, 4.69) is 15.3 Å². The van der Waals surface area contributed by atoms with Crippen molar-refractivity contribution < 1.29 is 9.72 Å². The molecule has 0 saturated carbocycles. The molecule has 0 atom stereocenters. The molecule has 0 aliphatic carbocycles. The molecule has 25 heavy (non-hydrogen) atoms. The first-order chi connectivity index (χ1) is 11.9. The second kappa shape index (κ2) is 6.60. The summed E-state index contributed by atoms with van der Waals surface area (Å²) in [7, 11) is 3.78. The molecule has 2 aromatic carbocycles. The highest BCUT2D eigenvalue weighted by Gasteiger charge is 2.10. The summed E-state index contributed by atoms with van der Waals surface area (Å²) in [5.74, 6) is 0.488. The lowest BCUT2D eigenvalue weighted by molar-refractivity contribution is -0.384. The molecule has 0 aliphatic rings. The number of anilines is 2. The van der Waals surface area contributed by atoms with Gasteiger partial charge in [0.2, 0.25) is 11.9 Å². The van der Waals surface area contributed by atoms with E-state index < -0.39 is 4.92 Å². The lowest BCUT2D eigenvalue weighted by Crippen LogP contribution is -2.14. The molecule has 0 fully saturated rings. The maximum atomic E-state index is 12.2. The molecule has 0 unspecified atom stereocenters. The number of rotatable bonds is 5. The minimum Gasteiger partial charge on any atom is -0.349 e. The number of fused-ring (bicyclic) bond motifs is 1. The van der Waals surface area contributed by atoms with Gasteiger partial charge in [-0.3, -0.25) is 14.9 Å². The second-order valence-electron chi connectivity index (χ2n) is 5.84. The summed E-state index contributed by atoms with van der Waals surface area (Å²) in [6.45, 7) is 0. The van der Waals surface area contributed by atoms with E-state index in [0.717, 1.165) is 17.0 Å². The first kappa shape index (κ1) is 16.4. The SMILES string of the molecule is CN(C)c1nc2ccc(NC(=O)Cc3cccc([N+](=O)[O-])c3)cc2[nH]1. The number of benzene rings is 2. The number of H-pyrrole nitrogens is 1. The molecule has 0 spiro atoms. The van der Waals surface area contributed by atoms with Gasteiger partial charge in [-0.15, -0.1) is 0 Å². The number of carbonyl (C=O) groups is 1. The standard InChI is InChI=1S/C17H17N5O3/c1-21(2)17-19-14-7-6-12(10-15(14)20-17)18-16(23)9-11-4-3-5-13(8-11)22(24)25/h3-8,10H,9H2,1-2H3,(H,18,23)(H,19,20). The van der Waals surface area contributed by atoms with Crippen molar-refractivity contribution in [1.82, 2.24) is 9.97 Å². The van der Waals surface area contributed by atoms with Gasteiger partial charge >= 0.3 is 0 Å². The molecule has 0 saturated heterocycles. The van der Waals surface area contributed by atoms with Crippen molar-refractivity contribution in [3.05, 3.63) is 58.1 Å².